The number of anilines is 1. The molecule has 3 aromatic rings. The summed E-state index contributed by atoms with van der Waals surface area (Å²) in [5.74, 6) is -1.76. The van der Waals surface area contributed by atoms with E-state index in [2.05, 4.69) is 25.8 Å². The minimum Gasteiger partial charge on any atom is -0.507 e. The van der Waals surface area contributed by atoms with Gasteiger partial charge in [0.2, 0.25) is 0 Å². The van der Waals surface area contributed by atoms with Crippen LogP contribution in [-0.4, -0.2) is 28.9 Å². The fraction of sp³-hybridized carbons (Fsp3) is 0.222. The van der Waals surface area contributed by atoms with Gasteiger partial charge < -0.3 is 9.84 Å². The first-order valence-corrected chi connectivity index (χ1v) is 11.7. The third kappa shape index (κ3) is 4.51. The van der Waals surface area contributed by atoms with Crippen molar-refractivity contribution in [1.82, 2.24) is 4.98 Å². The molecule has 0 spiro atoms. The van der Waals surface area contributed by atoms with Crippen LogP contribution in [0.1, 0.15) is 43.6 Å². The molecule has 0 bridgehead atoms. The molecule has 35 heavy (non-hydrogen) atoms. The Hall–Kier alpha value is -3.35. The molecule has 1 amide bonds. The lowest BCUT2D eigenvalue weighted by Gasteiger charge is -2.26. The predicted molar refractivity (Wildman–Crippen MR) is 137 cm³/mol. The lowest BCUT2D eigenvalue weighted by Crippen LogP contribution is -2.30. The number of halogens is 2. The van der Waals surface area contributed by atoms with E-state index in [9.17, 15) is 14.7 Å². The molecular weight excluding hydrogens is 487 g/mol. The molecule has 1 aliphatic rings. The van der Waals surface area contributed by atoms with Crippen LogP contribution in [0.4, 0.5) is 5.69 Å². The van der Waals surface area contributed by atoms with Crippen LogP contribution in [0.5, 0.6) is 5.75 Å². The number of ether oxygens (including phenoxy) is 1. The number of hydrogen-bond donors (Lipinski definition) is 1. The molecular formula is C27H24Cl2N2O4. The van der Waals surface area contributed by atoms with E-state index in [0.29, 0.717) is 11.4 Å². The van der Waals surface area contributed by atoms with Gasteiger partial charge in [0.15, 0.2) is 5.75 Å². The second-order valence-electron chi connectivity index (χ2n) is 9.19. The monoisotopic (exact) mass is 510 g/mol. The van der Waals surface area contributed by atoms with E-state index < -0.39 is 23.5 Å². The van der Waals surface area contributed by atoms with Gasteiger partial charge in [0, 0.05) is 17.4 Å². The molecule has 2 aromatic carbocycles. The molecule has 1 unspecified atom stereocenters. The number of rotatable bonds is 4. The molecule has 0 radical (unpaired) electrons. The zero-order valence-electron chi connectivity index (χ0n) is 19.7. The van der Waals surface area contributed by atoms with Crippen molar-refractivity contribution in [3.05, 3.63) is 93.2 Å². The normalized spacial score (nSPS) is 17.7. The number of ketones is 1. The van der Waals surface area contributed by atoms with Crippen molar-refractivity contribution < 1.29 is 19.4 Å². The Morgan fingerprint density at radius 1 is 1.03 bits per heavy atom. The van der Waals surface area contributed by atoms with Crippen molar-refractivity contribution in [2.45, 2.75) is 32.2 Å². The van der Waals surface area contributed by atoms with E-state index in [-0.39, 0.29) is 32.3 Å². The van der Waals surface area contributed by atoms with Crippen molar-refractivity contribution in [1.29, 1.82) is 0 Å². The zero-order chi connectivity index (χ0) is 25.5. The highest BCUT2D eigenvalue weighted by Gasteiger charge is 2.47. The molecule has 6 nitrogen and oxygen atoms in total. The summed E-state index contributed by atoms with van der Waals surface area (Å²) in [5.41, 5.74) is 2.02. The SMILES string of the molecule is COc1c(Cl)cc(/C(O)=C2\C(=O)C(=O)N(c3ccc(C(C)(C)C)cc3)C2c2ccccn2)cc1Cl. The van der Waals surface area contributed by atoms with Crippen LogP contribution in [0.3, 0.4) is 0 Å². The van der Waals surface area contributed by atoms with E-state index in [1.54, 1.807) is 36.5 Å². The van der Waals surface area contributed by atoms with Gasteiger partial charge in [-0.05, 0) is 47.4 Å². The Balaban J connectivity index is 1.91. The molecule has 0 saturated carbocycles. The van der Waals surface area contributed by atoms with E-state index in [0.717, 1.165) is 5.56 Å². The quantitative estimate of drug-likeness (QED) is 0.252. The standard InChI is InChI=1S/C27H24Cl2N2O4/c1-27(2,3)16-8-10-17(11-9-16)31-22(20-7-5-6-12-30-20)21(24(33)26(31)34)23(32)15-13-18(28)25(35-4)19(29)14-15/h5-14,22,32H,1-4H3/b23-21+. The lowest BCUT2D eigenvalue weighted by atomic mass is 9.87. The number of hydrogen-bond acceptors (Lipinski definition) is 5. The third-order valence-corrected chi connectivity index (χ3v) is 6.46. The zero-order valence-corrected chi connectivity index (χ0v) is 21.2. The van der Waals surface area contributed by atoms with Gasteiger partial charge >= 0.3 is 0 Å². The van der Waals surface area contributed by atoms with Crippen molar-refractivity contribution in [2.75, 3.05) is 12.0 Å². The van der Waals surface area contributed by atoms with Crippen LogP contribution in [0.25, 0.3) is 5.76 Å². The Kier molecular flexibility index (Phi) is 6.62. The van der Waals surface area contributed by atoms with Crippen LogP contribution in [0, 0.1) is 0 Å². The van der Waals surface area contributed by atoms with E-state index in [1.165, 1.54) is 24.1 Å². The number of nitrogens with zero attached hydrogens (tertiary/aromatic N) is 2. The highest BCUT2D eigenvalue weighted by molar-refractivity contribution is 6.51. The van der Waals surface area contributed by atoms with Crippen LogP contribution in [0.15, 0.2) is 66.4 Å². The summed E-state index contributed by atoms with van der Waals surface area (Å²) >= 11 is 12.5. The van der Waals surface area contributed by atoms with Crippen molar-refractivity contribution in [2.24, 2.45) is 0 Å². The molecule has 1 aromatic heterocycles. The first-order chi connectivity index (χ1) is 16.5. The van der Waals surface area contributed by atoms with Gasteiger partial charge in [-0.2, -0.15) is 0 Å². The summed E-state index contributed by atoms with van der Waals surface area (Å²) in [6, 6.07) is 14.5. The second kappa shape index (κ2) is 9.36. The average molecular weight is 511 g/mol. The van der Waals surface area contributed by atoms with Crippen LogP contribution in [-0.2, 0) is 15.0 Å². The summed E-state index contributed by atoms with van der Waals surface area (Å²) in [4.78, 5) is 32.3. The predicted octanol–water partition coefficient (Wildman–Crippen LogP) is 6.32. The third-order valence-electron chi connectivity index (χ3n) is 5.90. The summed E-state index contributed by atoms with van der Waals surface area (Å²) in [6.45, 7) is 6.27. The van der Waals surface area contributed by atoms with Gasteiger partial charge in [-0.1, -0.05) is 62.2 Å². The number of carbonyl (C=O) groups excluding carboxylic acids is 2. The van der Waals surface area contributed by atoms with Gasteiger partial charge in [-0.3, -0.25) is 19.5 Å². The Morgan fingerprint density at radius 2 is 1.66 bits per heavy atom. The molecule has 0 aliphatic carbocycles. The van der Waals surface area contributed by atoms with E-state index in [1.807, 2.05) is 12.1 Å². The van der Waals surface area contributed by atoms with Gasteiger partial charge in [0.25, 0.3) is 11.7 Å². The van der Waals surface area contributed by atoms with Gasteiger partial charge in [-0.25, -0.2) is 0 Å². The molecule has 1 aliphatic heterocycles. The fourth-order valence-corrected chi connectivity index (χ4v) is 4.73. The number of benzene rings is 2. The topological polar surface area (TPSA) is 79.7 Å². The summed E-state index contributed by atoms with van der Waals surface area (Å²) in [6.07, 6.45) is 1.57. The smallest absolute Gasteiger partial charge is 0.300 e. The molecule has 1 fully saturated rings. The molecule has 2 heterocycles. The largest absolute Gasteiger partial charge is 0.507 e. The summed E-state index contributed by atoms with van der Waals surface area (Å²) < 4.78 is 5.17. The number of carbonyl (C=O) groups is 2. The maximum absolute atomic E-state index is 13.3. The van der Waals surface area contributed by atoms with Crippen molar-refractivity contribution in [3.63, 3.8) is 0 Å². The van der Waals surface area contributed by atoms with Crippen molar-refractivity contribution >= 4 is 46.3 Å². The van der Waals surface area contributed by atoms with E-state index in [4.69, 9.17) is 27.9 Å². The molecule has 1 N–H and O–H groups in total. The molecule has 180 valence electrons. The van der Waals surface area contributed by atoms with Gasteiger partial charge in [0.1, 0.15) is 11.8 Å². The molecule has 1 atom stereocenters. The average Bonchev–Trinajstić information content (AvgIpc) is 3.09. The first kappa shape index (κ1) is 24.8. The van der Waals surface area contributed by atoms with Crippen LogP contribution >= 0.6 is 23.2 Å². The number of aromatic nitrogens is 1. The molecule has 1 saturated heterocycles. The number of pyridine rings is 1. The number of aliphatic hydroxyl groups is 1. The Bertz CT molecular complexity index is 1310. The Labute approximate surface area is 213 Å². The molecule has 4 rings (SSSR count). The highest BCUT2D eigenvalue weighted by atomic mass is 35.5. The minimum atomic E-state index is -0.948. The lowest BCUT2D eigenvalue weighted by molar-refractivity contribution is -0.132. The summed E-state index contributed by atoms with van der Waals surface area (Å²) in [7, 11) is 1.42. The number of methoxy groups -OCH3 is 1. The highest BCUT2D eigenvalue weighted by Crippen LogP contribution is 2.43. The Morgan fingerprint density at radius 3 is 2.17 bits per heavy atom. The number of aliphatic hydroxyl groups excluding tert-OH is 1. The maximum atomic E-state index is 13.3. The number of amides is 1. The second-order valence-corrected chi connectivity index (χ2v) is 10.0. The summed E-state index contributed by atoms with van der Waals surface area (Å²) in [5, 5.41) is 11.6. The van der Waals surface area contributed by atoms with Gasteiger partial charge in [0.05, 0.1) is 28.4 Å². The molecule has 8 heteroatoms. The first-order valence-electron chi connectivity index (χ1n) is 10.9. The van der Waals surface area contributed by atoms with Crippen molar-refractivity contribution in [3.8, 4) is 5.75 Å². The maximum Gasteiger partial charge on any atom is 0.300 e. The number of Topliss-reactive ketones (excluding diaryl/α,β-unsaturated/α-hetero) is 1. The fourth-order valence-electron chi connectivity index (χ4n) is 4.09. The van der Waals surface area contributed by atoms with Gasteiger partial charge in [-0.15, -0.1) is 0 Å². The van der Waals surface area contributed by atoms with Crippen LogP contribution in [0.2, 0.25) is 10.0 Å². The minimum absolute atomic E-state index is 0.0833. The van der Waals surface area contributed by atoms with Crippen LogP contribution < -0.4 is 9.64 Å². The van der Waals surface area contributed by atoms with E-state index >= 15 is 0 Å².